The Kier molecular flexibility index (Phi) is 5.03. The van der Waals surface area contributed by atoms with Crippen LogP contribution < -0.4 is 24.7 Å². The molecular weight excluding hydrogens is 430 g/mol. The van der Waals surface area contributed by atoms with E-state index in [-0.39, 0.29) is 12.4 Å². The van der Waals surface area contributed by atoms with Crippen molar-refractivity contribution in [2.45, 2.75) is 33.4 Å². The van der Waals surface area contributed by atoms with Crippen LogP contribution in [0, 0.1) is 13.8 Å². The van der Waals surface area contributed by atoms with E-state index in [1.807, 2.05) is 56.3 Å². The van der Waals surface area contributed by atoms with Crippen molar-refractivity contribution in [1.82, 2.24) is 0 Å². The first kappa shape index (κ1) is 20.8. The van der Waals surface area contributed by atoms with Crippen molar-refractivity contribution in [3.63, 3.8) is 0 Å². The fourth-order valence-electron chi connectivity index (χ4n) is 5.02. The summed E-state index contributed by atoms with van der Waals surface area (Å²) in [4.78, 5) is 14.2. The van der Waals surface area contributed by atoms with Crippen molar-refractivity contribution in [3.8, 4) is 17.2 Å². The number of ether oxygens (including phenoxy) is 3. The molecule has 0 aliphatic carbocycles. The number of rotatable bonds is 4. The van der Waals surface area contributed by atoms with Crippen LogP contribution in [0.1, 0.15) is 33.4 Å². The molecule has 34 heavy (non-hydrogen) atoms. The lowest BCUT2D eigenvalue weighted by molar-refractivity contribution is -0.945. The molecule has 0 amide bonds. The van der Waals surface area contributed by atoms with Gasteiger partial charge in [-0.3, -0.25) is 4.90 Å². The minimum Gasteiger partial charge on any atom is -0.454 e. The van der Waals surface area contributed by atoms with Gasteiger partial charge in [0, 0.05) is 34.1 Å². The number of aryl methyl sites for hydroxylation is 2. The van der Waals surface area contributed by atoms with Crippen LogP contribution >= 0.6 is 0 Å². The topological polar surface area (TPSA) is 62.3 Å². The van der Waals surface area contributed by atoms with E-state index in [1.54, 1.807) is 0 Å². The van der Waals surface area contributed by atoms with E-state index in [0.717, 1.165) is 58.0 Å². The number of quaternary nitrogens is 1. The molecule has 172 valence electrons. The van der Waals surface area contributed by atoms with Gasteiger partial charge in [-0.05, 0) is 49.2 Å². The Hall–Kier alpha value is -3.77. The Morgan fingerprint density at radius 2 is 1.71 bits per heavy atom. The van der Waals surface area contributed by atoms with Gasteiger partial charge in [0.05, 0.1) is 0 Å². The molecule has 6 nitrogen and oxygen atoms in total. The van der Waals surface area contributed by atoms with Crippen molar-refractivity contribution in [2.24, 2.45) is 0 Å². The summed E-state index contributed by atoms with van der Waals surface area (Å²) in [5.74, 6) is 2.43. The number of benzene rings is 3. The molecule has 1 N–H and O–H groups in total. The summed E-state index contributed by atoms with van der Waals surface area (Å²) in [6.07, 6.45) is 0.555. The normalized spacial score (nSPS) is 16.4. The Morgan fingerprint density at radius 3 is 2.56 bits per heavy atom. The standard InChI is InChI=1S/C28H25NO5/c1-17-22-12-21-14-29(13-20-8-9-24-25(11-20)33-16-32-24)15-31-26(21)18(2)27(22)34-28(30)23(17)10-19-6-4-3-5-7-19/h3-9,11-12H,10,13-16H2,1-2H3/p+1. The molecule has 0 bridgehead atoms. The first-order valence-corrected chi connectivity index (χ1v) is 11.5. The lowest BCUT2D eigenvalue weighted by Crippen LogP contribution is -3.10. The number of hydrogen-bond acceptors (Lipinski definition) is 5. The van der Waals surface area contributed by atoms with Crippen molar-refractivity contribution < 1.29 is 23.5 Å². The van der Waals surface area contributed by atoms with Gasteiger partial charge in [-0.2, -0.15) is 0 Å². The van der Waals surface area contributed by atoms with Gasteiger partial charge >= 0.3 is 5.63 Å². The molecule has 2 aliphatic heterocycles. The molecule has 6 heteroatoms. The minimum atomic E-state index is -0.275. The molecule has 4 aromatic rings. The summed E-state index contributed by atoms with van der Waals surface area (Å²) in [5, 5.41) is 0.981. The smallest absolute Gasteiger partial charge is 0.340 e. The Labute approximate surface area is 197 Å². The molecule has 1 atom stereocenters. The van der Waals surface area contributed by atoms with E-state index in [0.29, 0.717) is 24.3 Å². The highest BCUT2D eigenvalue weighted by atomic mass is 16.7. The van der Waals surface area contributed by atoms with Crippen LogP contribution in [0.3, 0.4) is 0 Å². The zero-order valence-electron chi connectivity index (χ0n) is 19.3. The SMILES string of the molecule is Cc1c(Cc2ccccc2)c(=O)oc2c(C)c3c(cc12)C[NH+](Cc1ccc2c(c1)OCO2)CO3. The van der Waals surface area contributed by atoms with Gasteiger partial charge in [0.15, 0.2) is 11.5 Å². The summed E-state index contributed by atoms with van der Waals surface area (Å²) < 4.78 is 23.0. The molecule has 2 aliphatic rings. The van der Waals surface area contributed by atoms with E-state index in [2.05, 4.69) is 12.1 Å². The van der Waals surface area contributed by atoms with Crippen molar-refractivity contribution in [3.05, 3.63) is 98.4 Å². The van der Waals surface area contributed by atoms with Gasteiger partial charge in [-0.1, -0.05) is 30.3 Å². The fraction of sp³-hybridized carbons (Fsp3) is 0.250. The maximum Gasteiger partial charge on any atom is 0.340 e. The van der Waals surface area contributed by atoms with Gasteiger partial charge in [-0.25, -0.2) is 4.79 Å². The second-order valence-electron chi connectivity index (χ2n) is 9.10. The van der Waals surface area contributed by atoms with Crippen LogP contribution in [0.15, 0.2) is 63.8 Å². The predicted octanol–water partition coefficient (Wildman–Crippen LogP) is 3.66. The third-order valence-electron chi connectivity index (χ3n) is 6.81. The second kappa shape index (κ2) is 8.22. The third-order valence-corrected chi connectivity index (χ3v) is 6.81. The first-order valence-electron chi connectivity index (χ1n) is 11.5. The molecule has 0 fully saturated rings. The maximum atomic E-state index is 12.9. The van der Waals surface area contributed by atoms with Gasteiger partial charge in [0.2, 0.25) is 13.5 Å². The van der Waals surface area contributed by atoms with Crippen molar-refractivity contribution in [1.29, 1.82) is 0 Å². The molecule has 0 saturated carbocycles. The Bertz CT molecular complexity index is 1460. The molecule has 1 aromatic heterocycles. The molecule has 3 heterocycles. The van der Waals surface area contributed by atoms with Gasteiger partial charge in [-0.15, -0.1) is 0 Å². The van der Waals surface area contributed by atoms with E-state index in [9.17, 15) is 4.79 Å². The first-order chi connectivity index (χ1) is 16.6. The number of hydrogen-bond donors (Lipinski definition) is 1. The van der Waals surface area contributed by atoms with E-state index >= 15 is 0 Å². The monoisotopic (exact) mass is 456 g/mol. The van der Waals surface area contributed by atoms with Crippen LogP contribution in [0.4, 0.5) is 0 Å². The number of nitrogens with one attached hydrogen (secondary N) is 1. The summed E-state index contributed by atoms with van der Waals surface area (Å²) >= 11 is 0. The van der Waals surface area contributed by atoms with Gasteiger partial charge < -0.3 is 18.6 Å². The zero-order chi connectivity index (χ0) is 23.2. The highest BCUT2D eigenvalue weighted by molar-refractivity contribution is 5.87. The number of fused-ring (bicyclic) bond motifs is 3. The van der Waals surface area contributed by atoms with Crippen LogP contribution in [0.25, 0.3) is 11.0 Å². The molecule has 6 rings (SSSR count). The van der Waals surface area contributed by atoms with Crippen LogP contribution in [-0.4, -0.2) is 13.5 Å². The highest BCUT2D eigenvalue weighted by Gasteiger charge is 2.26. The van der Waals surface area contributed by atoms with Crippen LogP contribution in [-0.2, 0) is 19.5 Å². The van der Waals surface area contributed by atoms with Crippen LogP contribution in [0.2, 0.25) is 0 Å². The van der Waals surface area contributed by atoms with E-state index in [4.69, 9.17) is 18.6 Å². The molecule has 0 saturated heterocycles. The highest BCUT2D eigenvalue weighted by Crippen LogP contribution is 2.35. The molecule has 3 aromatic carbocycles. The average molecular weight is 457 g/mol. The van der Waals surface area contributed by atoms with E-state index < -0.39 is 0 Å². The molecule has 1 unspecified atom stereocenters. The third kappa shape index (κ3) is 3.60. The second-order valence-corrected chi connectivity index (χ2v) is 9.10. The minimum absolute atomic E-state index is 0.275. The Morgan fingerprint density at radius 1 is 0.882 bits per heavy atom. The van der Waals surface area contributed by atoms with Gasteiger partial charge in [0.25, 0.3) is 0 Å². The summed E-state index contributed by atoms with van der Waals surface area (Å²) in [7, 11) is 0. The summed E-state index contributed by atoms with van der Waals surface area (Å²) in [6, 6.07) is 18.3. The quantitative estimate of drug-likeness (QED) is 0.475. The zero-order valence-corrected chi connectivity index (χ0v) is 19.3. The molecule has 0 spiro atoms. The van der Waals surface area contributed by atoms with Crippen molar-refractivity contribution >= 4 is 11.0 Å². The Balaban J connectivity index is 1.33. The fourth-order valence-corrected chi connectivity index (χ4v) is 5.02. The van der Waals surface area contributed by atoms with E-state index in [1.165, 1.54) is 10.5 Å². The summed E-state index contributed by atoms with van der Waals surface area (Å²) in [5.41, 5.74) is 6.32. The molecule has 0 radical (unpaired) electrons. The maximum absolute atomic E-state index is 12.9. The van der Waals surface area contributed by atoms with Gasteiger partial charge in [0.1, 0.15) is 24.4 Å². The summed E-state index contributed by atoms with van der Waals surface area (Å²) in [6.45, 7) is 6.46. The van der Waals surface area contributed by atoms with Crippen molar-refractivity contribution in [2.75, 3.05) is 13.5 Å². The molecular formula is C28H26NO5+. The lowest BCUT2D eigenvalue weighted by Gasteiger charge is -2.28. The predicted molar refractivity (Wildman–Crippen MR) is 128 cm³/mol. The largest absolute Gasteiger partial charge is 0.454 e. The van der Waals surface area contributed by atoms with Crippen LogP contribution in [0.5, 0.6) is 17.2 Å². The average Bonchev–Trinajstić information content (AvgIpc) is 3.31. The lowest BCUT2D eigenvalue weighted by atomic mass is 9.96.